The number of amides is 3. The summed E-state index contributed by atoms with van der Waals surface area (Å²) in [5, 5.41) is 10.6. The zero-order chi connectivity index (χ0) is 32.3. The third-order valence-electron chi connectivity index (χ3n) is 9.23. The highest BCUT2D eigenvalue weighted by Gasteiger charge is 2.48. The van der Waals surface area contributed by atoms with E-state index in [4.69, 9.17) is 4.74 Å². The number of benzene rings is 2. The van der Waals surface area contributed by atoms with E-state index in [1.54, 1.807) is 0 Å². The van der Waals surface area contributed by atoms with Crippen molar-refractivity contribution < 1.29 is 33.5 Å². The van der Waals surface area contributed by atoms with E-state index in [0.717, 1.165) is 58.4 Å². The van der Waals surface area contributed by atoms with Crippen LogP contribution >= 0.6 is 0 Å². The van der Waals surface area contributed by atoms with Gasteiger partial charge in [0, 0.05) is 62.1 Å². The average molecular weight is 620 g/mol. The summed E-state index contributed by atoms with van der Waals surface area (Å²) in [4.78, 5) is 57.0. The van der Waals surface area contributed by atoms with Crippen molar-refractivity contribution in [1.29, 1.82) is 0 Å². The molecular formula is C35H47N4O6+. The molecular weight excluding hydrogens is 572 g/mol. The highest BCUT2D eigenvalue weighted by atomic mass is 16.5. The number of carboxylic acid groups (broad SMARTS) is 1. The van der Waals surface area contributed by atoms with Gasteiger partial charge in [-0.3, -0.25) is 29.0 Å². The van der Waals surface area contributed by atoms with Crippen LogP contribution in [0.25, 0.3) is 0 Å². The number of unbranched alkanes of at least 4 members (excludes halogenated alkanes) is 1. The van der Waals surface area contributed by atoms with Crippen molar-refractivity contribution in [3.63, 3.8) is 0 Å². The Morgan fingerprint density at radius 2 is 1.80 bits per heavy atom. The summed E-state index contributed by atoms with van der Waals surface area (Å²) in [5.41, 5.74) is 3.96. The normalized spacial score (nSPS) is 21.7. The number of carbonyl (C=O) groups excluding carboxylic acids is 3. The lowest BCUT2D eigenvalue weighted by Gasteiger charge is -2.31. The molecule has 0 bridgehead atoms. The number of nitrogens with zero attached hydrogens (tertiary/aromatic N) is 4. The van der Waals surface area contributed by atoms with E-state index in [1.165, 1.54) is 4.90 Å². The van der Waals surface area contributed by atoms with Crippen molar-refractivity contribution in [2.24, 2.45) is 5.92 Å². The van der Waals surface area contributed by atoms with Gasteiger partial charge in [-0.25, -0.2) is 0 Å². The van der Waals surface area contributed by atoms with Crippen LogP contribution in [0.4, 0.5) is 5.69 Å². The number of imide groups is 1. The summed E-state index contributed by atoms with van der Waals surface area (Å²) >= 11 is 0. The molecule has 0 aromatic heterocycles. The standard InChI is InChI=1S/C35H46N4O6/c1-5-6-16-37(27-9-7-8-24(19-27)23-39(2,3)4)33(42)22-36-21-28(25-10-11-30-26(20-25)15-18-45-30)34(35(43)44)29(36)14-17-38-31(40)12-13-32(38)41/h7-11,19-20,28-29,34H,5-6,12-18,21-23H2,1-4H3/p+1. The van der Waals surface area contributed by atoms with Gasteiger partial charge < -0.3 is 19.2 Å². The molecule has 3 heterocycles. The Hall–Kier alpha value is -3.76. The largest absolute Gasteiger partial charge is 0.493 e. The molecule has 3 aliphatic heterocycles. The maximum Gasteiger partial charge on any atom is 0.308 e. The second-order valence-electron chi connectivity index (χ2n) is 13.7. The molecule has 3 atom stereocenters. The van der Waals surface area contributed by atoms with Crippen LogP contribution in [0.2, 0.25) is 0 Å². The molecule has 10 nitrogen and oxygen atoms in total. The van der Waals surface area contributed by atoms with E-state index in [9.17, 15) is 24.3 Å². The second-order valence-corrected chi connectivity index (χ2v) is 13.7. The molecule has 2 saturated heterocycles. The number of aliphatic carboxylic acids is 1. The van der Waals surface area contributed by atoms with Crippen molar-refractivity contribution >= 4 is 29.4 Å². The molecule has 0 aliphatic carbocycles. The number of hydrogen-bond donors (Lipinski definition) is 1. The summed E-state index contributed by atoms with van der Waals surface area (Å²) in [7, 11) is 6.40. The van der Waals surface area contributed by atoms with Crippen LogP contribution in [0.1, 0.15) is 61.6 Å². The Morgan fingerprint density at radius 3 is 2.49 bits per heavy atom. The number of carboxylic acids is 1. The number of anilines is 1. The molecule has 0 spiro atoms. The first kappa shape index (κ1) is 32.6. The minimum absolute atomic E-state index is 0.0458. The molecule has 45 heavy (non-hydrogen) atoms. The molecule has 242 valence electrons. The lowest BCUT2D eigenvalue weighted by Crippen LogP contribution is -2.46. The quantitative estimate of drug-likeness (QED) is 0.269. The molecule has 0 radical (unpaired) electrons. The topological polar surface area (TPSA) is 107 Å². The van der Waals surface area contributed by atoms with Gasteiger partial charge in [-0.05, 0) is 42.2 Å². The summed E-state index contributed by atoms with van der Waals surface area (Å²) < 4.78 is 6.45. The zero-order valence-corrected chi connectivity index (χ0v) is 27.0. The first-order valence-corrected chi connectivity index (χ1v) is 16.2. The predicted molar refractivity (Wildman–Crippen MR) is 171 cm³/mol. The Balaban J connectivity index is 1.44. The van der Waals surface area contributed by atoms with Crippen molar-refractivity contribution in [2.75, 3.05) is 58.8 Å². The highest BCUT2D eigenvalue weighted by Crippen LogP contribution is 2.41. The van der Waals surface area contributed by atoms with E-state index in [-0.39, 0.29) is 49.6 Å². The summed E-state index contributed by atoms with van der Waals surface area (Å²) in [6, 6.07) is 13.5. The second kappa shape index (κ2) is 13.7. The van der Waals surface area contributed by atoms with E-state index in [1.807, 2.05) is 40.1 Å². The Bertz CT molecular complexity index is 1420. The Labute approximate surface area is 266 Å². The molecule has 2 fully saturated rings. The summed E-state index contributed by atoms with van der Waals surface area (Å²) in [5.74, 6) is -1.79. The SMILES string of the molecule is CCCCN(C(=O)CN1CC(c2ccc3c(c2)CCO3)C(C(=O)O)C1CCN1C(=O)CCC1=O)c1cccc(C[N+](C)(C)C)c1. The van der Waals surface area contributed by atoms with Gasteiger partial charge in [-0.15, -0.1) is 0 Å². The van der Waals surface area contributed by atoms with Crippen LogP contribution in [-0.4, -0.2) is 103 Å². The minimum atomic E-state index is -0.938. The fourth-order valence-electron chi connectivity index (χ4n) is 7.10. The van der Waals surface area contributed by atoms with Crippen molar-refractivity contribution in [2.45, 2.75) is 64.0 Å². The van der Waals surface area contributed by atoms with E-state index in [0.29, 0.717) is 26.1 Å². The maximum absolute atomic E-state index is 14.2. The van der Waals surface area contributed by atoms with Crippen molar-refractivity contribution in [3.05, 3.63) is 59.2 Å². The van der Waals surface area contributed by atoms with E-state index < -0.39 is 17.9 Å². The van der Waals surface area contributed by atoms with Crippen LogP contribution in [0.3, 0.4) is 0 Å². The van der Waals surface area contributed by atoms with Crippen molar-refractivity contribution in [3.8, 4) is 5.75 Å². The minimum Gasteiger partial charge on any atom is -0.493 e. The van der Waals surface area contributed by atoms with Gasteiger partial charge >= 0.3 is 5.97 Å². The van der Waals surface area contributed by atoms with Crippen LogP contribution in [0.15, 0.2) is 42.5 Å². The summed E-state index contributed by atoms with van der Waals surface area (Å²) in [6.07, 6.45) is 3.21. The molecule has 2 aromatic rings. The highest BCUT2D eigenvalue weighted by molar-refractivity contribution is 6.01. The lowest BCUT2D eigenvalue weighted by atomic mass is 9.83. The van der Waals surface area contributed by atoms with Crippen molar-refractivity contribution in [1.82, 2.24) is 9.80 Å². The third-order valence-corrected chi connectivity index (χ3v) is 9.23. The van der Waals surface area contributed by atoms with Crippen LogP contribution in [-0.2, 0) is 32.1 Å². The number of likely N-dealkylation sites (tertiary alicyclic amines) is 2. The Morgan fingerprint density at radius 1 is 1.04 bits per heavy atom. The maximum atomic E-state index is 14.2. The van der Waals surface area contributed by atoms with Gasteiger partial charge in [0.1, 0.15) is 12.3 Å². The van der Waals surface area contributed by atoms with Crippen LogP contribution in [0.5, 0.6) is 5.75 Å². The molecule has 0 saturated carbocycles. The molecule has 3 amide bonds. The summed E-state index contributed by atoms with van der Waals surface area (Å²) in [6.45, 7) is 4.67. The number of fused-ring (bicyclic) bond motifs is 1. The molecule has 3 unspecified atom stereocenters. The predicted octanol–water partition coefficient (Wildman–Crippen LogP) is 3.67. The fraction of sp³-hybridized carbons (Fsp3) is 0.543. The lowest BCUT2D eigenvalue weighted by molar-refractivity contribution is -0.884. The first-order chi connectivity index (χ1) is 21.4. The van der Waals surface area contributed by atoms with Gasteiger partial charge in [0.2, 0.25) is 17.7 Å². The van der Waals surface area contributed by atoms with Gasteiger partial charge in [0.25, 0.3) is 0 Å². The number of ether oxygens (including phenoxy) is 1. The number of rotatable bonds is 13. The molecule has 3 aliphatic rings. The molecule has 5 rings (SSSR count). The monoisotopic (exact) mass is 619 g/mol. The smallest absolute Gasteiger partial charge is 0.308 e. The number of carbonyl (C=O) groups is 4. The van der Waals surface area contributed by atoms with Crippen LogP contribution in [0, 0.1) is 5.92 Å². The molecule has 1 N–H and O–H groups in total. The van der Waals surface area contributed by atoms with Crippen LogP contribution < -0.4 is 9.64 Å². The van der Waals surface area contributed by atoms with Gasteiger partial charge in [0.05, 0.1) is 40.2 Å². The first-order valence-electron chi connectivity index (χ1n) is 16.2. The molecule has 10 heteroatoms. The fourth-order valence-corrected chi connectivity index (χ4v) is 7.10. The number of hydrogen-bond acceptors (Lipinski definition) is 6. The van der Waals surface area contributed by atoms with Gasteiger partial charge in [0.15, 0.2) is 0 Å². The third kappa shape index (κ3) is 7.56. The average Bonchev–Trinajstić information content (AvgIpc) is 3.68. The van der Waals surface area contributed by atoms with E-state index >= 15 is 0 Å². The number of quaternary nitrogens is 1. The zero-order valence-electron chi connectivity index (χ0n) is 27.0. The molecule has 2 aromatic carbocycles. The Kier molecular flexibility index (Phi) is 9.94. The van der Waals surface area contributed by atoms with Gasteiger partial charge in [-0.1, -0.05) is 37.6 Å². The van der Waals surface area contributed by atoms with E-state index in [2.05, 4.69) is 40.2 Å². The van der Waals surface area contributed by atoms with Gasteiger partial charge in [-0.2, -0.15) is 0 Å².